The van der Waals surface area contributed by atoms with Gasteiger partial charge < -0.3 is 15.0 Å². The highest BCUT2D eigenvalue weighted by molar-refractivity contribution is 7.99. The van der Waals surface area contributed by atoms with Gasteiger partial charge in [0.15, 0.2) is 0 Å². The van der Waals surface area contributed by atoms with Gasteiger partial charge in [0.25, 0.3) is 5.91 Å². The number of nitrogens with zero attached hydrogens (tertiary/aromatic N) is 2. The first-order valence-electron chi connectivity index (χ1n) is 9.43. The Hall–Kier alpha value is -2.84. The molecule has 154 valence electrons. The summed E-state index contributed by atoms with van der Waals surface area (Å²) >= 11 is 2.95. The molecule has 1 aromatic heterocycles. The van der Waals surface area contributed by atoms with Crippen LogP contribution in [0.1, 0.15) is 15.4 Å². The number of hydrogen-bond acceptors (Lipinski definition) is 6. The van der Waals surface area contributed by atoms with Crippen LogP contribution < -0.4 is 10.1 Å². The Bertz CT molecular complexity index is 1050. The summed E-state index contributed by atoms with van der Waals surface area (Å²) in [4.78, 5) is 32.9. The molecule has 2 heterocycles. The highest BCUT2D eigenvalue weighted by Gasteiger charge is 2.36. The van der Waals surface area contributed by atoms with Crippen LogP contribution in [0.25, 0.3) is 10.6 Å². The number of amides is 2. The highest BCUT2D eigenvalue weighted by Crippen LogP contribution is 2.31. The van der Waals surface area contributed by atoms with Gasteiger partial charge in [-0.1, -0.05) is 30.3 Å². The molecule has 1 fully saturated rings. The number of benzene rings is 2. The lowest BCUT2D eigenvalue weighted by molar-refractivity contribution is -0.119. The number of ether oxygens (including phenoxy) is 1. The number of carbonyl (C=O) groups excluding carboxylic acids is 2. The molecule has 1 N–H and O–H groups in total. The van der Waals surface area contributed by atoms with Crippen molar-refractivity contribution in [1.29, 1.82) is 0 Å². The van der Waals surface area contributed by atoms with Crippen molar-refractivity contribution in [3.8, 4) is 16.3 Å². The van der Waals surface area contributed by atoms with E-state index in [1.807, 2.05) is 37.3 Å². The van der Waals surface area contributed by atoms with Crippen LogP contribution in [0, 0.1) is 6.92 Å². The third kappa shape index (κ3) is 4.20. The molecule has 1 unspecified atom stereocenters. The summed E-state index contributed by atoms with van der Waals surface area (Å²) < 4.78 is 5.14. The first-order valence-corrected chi connectivity index (χ1v) is 11.4. The molecule has 8 heteroatoms. The Labute approximate surface area is 183 Å². The Morgan fingerprint density at radius 3 is 2.57 bits per heavy atom. The summed E-state index contributed by atoms with van der Waals surface area (Å²) in [5, 5.41) is 3.71. The van der Waals surface area contributed by atoms with E-state index in [1.54, 1.807) is 48.0 Å². The van der Waals surface area contributed by atoms with Gasteiger partial charge in [0.05, 0.1) is 18.7 Å². The molecule has 4 rings (SSSR count). The number of aryl methyl sites for hydroxylation is 1. The van der Waals surface area contributed by atoms with Gasteiger partial charge in [0.1, 0.15) is 21.7 Å². The second kappa shape index (κ2) is 8.89. The van der Waals surface area contributed by atoms with Gasteiger partial charge in [-0.2, -0.15) is 0 Å². The second-order valence-corrected chi connectivity index (χ2v) is 8.81. The van der Waals surface area contributed by atoms with E-state index in [1.165, 1.54) is 11.3 Å². The smallest absolute Gasteiger partial charge is 0.267 e. The third-order valence-electron chi connectivity index (χ3n) is 4.81. The van der Waals surface area contributed by atoms with Crippen molar-refractivity contribution in [2.75, 3.05) is 24.1 Å². The number of anilines is 1. The van der Waals surface area contributed by atoms with Crippen LogP contribution in [0.15, 0.2) is 54.6 Å². The molecule has 0 saturated carbocycles. The maximum Gasteiger partial charge on any atom is 0.267 e. The molecular formula is C22H21N3O3S2. The molecule has 0 bridgehead atoms. The summed E-state index contributed by atoms with van der Waals surface area (Å²) in [5.41, 5.74) is 2.34. The number of thiazole rings is 1. The van der Waals surface area contributed by atoms with Gasteiger partial charge in [-0.3, -0.25) is 9.59 Å². The lowest BCUT2D eigenvalue weighted by atomic mass is 10.2. The van der Waals surface area contributed by atoms with Gasteiger partial charge in [0.2, 0.25) is 5.91 Å². The average molecular weight is 440 g/mol. The second-order valence-electron chi connectivity index (χ2n) is 6.81. The fourth-order valence-electron chi connectivity index (χ4n) is 3.19. The number of nitrogens with one attached hydrogen (secondary N) is 1. The predicted octanol–water partition coefficient (Wildman–Crippen LogP) is 4.28. The maximum atomic E-state index is 13.2. The van der Waals surface area contributed by atoms with Gasteiger partial charge in [-0.05, 0) is 31.2 Å². The first kappa shape index (κ1) is 20.4. The largest absolute Gasteiger partial charge is 0.497 e. The zero-order valence-corrected chi connectivity index (χ0v) is 18.3. The summed E-state index contributed by atoms with van der Waals surface area (Å²) in [6, 6.07) is 16.4. The minimum Gasteiger partial charge on any atom is -0.497 e. The van der Waals surface area contributed by atoms with Crippen molar-refractivity contribution in [1.82, 2.24) is 9.88 Å². The van der Waals surface area contributed by atoms with Gasteiger partial charge in [0, 0.05) is 17.0 Å². The van der Waals surface area contributed by atoms with E-state index < -0.39 is 6.04 Å². The van der Waals surface area contributed by atoms with E-state index in [-0.39, 0.29) is 11.8 Å². The van der Waals surface area contributed by atoms with Crippen LogP contribution in [0.3, 0.4) is 0 Å². The summed E-state index contributed by atoms with van der Waals surface area (Å²) in [6.07, 6.45) is 0. The van der Waals surface area contributed by atoms with Gasteiger partial charge >= 0.3 is 0 Å². The number of rotatable bonds is 5. The SMILES string of the molecule is COc1ccc(NC(=O)C2CSCN2C(=O)c2sc(-c3ccccc3)nc2C)cc1. The number of hydrogen-bond donors (Lipinski definition) is 1. The molecule has 0 spiro atoms. The quantitative estimate of drug-likeness (QED) is 0.642. The third-order valence-corrected chi connectivity index (χ3v) is 7.02. The Morgan fingerprint density at radius 1 is 1.13 bits per heavy atom. The normalized spacial score (nSPS) is 15.8. The fourth-order valence-corrected chi connectivity index (χ4v) is 5.37. The number of carbonyl (C=O) groups is 2. The molecule has 30 heavy (non-hydrogen) atoms. The number of methoxy groups -OCH3 is 1. The minimum absolute atomic E-state index is 0.146. The molecule has 0 aliphatic carbocycles. The monoisotopic (exact) mass is 439 g/mol. The molecule has 0 radical (unpaired) electrons. The van der Waals surface area contributed by atoms with Gasteiger partial charge in [-0.15, -0.1) is 23.1 Å². The first-order chi connectivity index (χ1) is 14.6. The van der Waals surface area contributed by atoms with Crippen molar-refractivity contribution in [2.24, 2.45) is 0 Å². The zero-order chi connectivity index (χ0) is 21.1. The van der Waals surface area contributed by atoms with Crippen LogP contribution in [-0.2, 0) is 4.79 Å². The molecule has 6 nitrogen and oxygen atoms in total. The van der Waals surface area contributed by atoms with Crippen molar-refractivity contribution in [3.05, 3.63) is 65.2 Å². The Kier molecular flexibility index (Phi) is 6.06. The topological polar surface area (TPSA) is 71.5 Å². The molecule has 2 aromatic carbocycles. The predicted molar refractivity (Wildman–Crippen MR) is 121 cm³/mol. The molecule has 2 amide bonds. The summed E-state index contributed by atoms with van der Waals surface area (Å²) in [5.74, 6) is 1.43. The van der Waals surface area contributed by atoms with Crippen LogP contribution in [0.2, 0.25) is 0 Å². The van der Waals surface area contributed by atoms with E-state index in [0.717, 1.165) is 16.3 Å². The molecule has 3 aromatic rings. The number of aromatic nitrogens is 1. The standard InChI is InChI=1S/C22H21N3O3S2/c1-14-19(30-21(23-14)15-6-4-3-5-7-15)22(27)25-13-29-12-18(25)20(26)24-16-8-10-17(28-2)11-9-16/h3-11,18H,12-13H2,1-2H3,(H,24,26). The van der Waals surface area contributed by atoms with Gasteiger partial charge in [-0.25, -0.2) is 4.98 Å². The Balaban J connectivity index is 1.51. The molecular weight excluding hydrogens is 418 g/mol. The van der Waals surface area contributed by atoms with E-state index in [0.29, 0.717) is 27.9 Å². The molecule has 1 saturated heterocycles. The fraction of sp³-hybridized carbons (Fsp3) is 0.227. The molecule has 1 aliphatic rings. The van der Waals surface area contributed by atoms with Crippen molar-refractivity contribution >= 4 is 40.6 Å². The van der Waals surface area contributed by atoms with Crippen LogP contribution in [0.4, 0.5) is 5.69 Å². The zero-order valence-electron chi connectivity index (χ0n) is 16.6. The maximum absolute atomic E-state index is 13.2. The summed E-state index contributed by atoms with van der Waals surface area (Å²) in [7, 11) is 1.59. The van der Waals surface area contributed by atoms with E-state index in [2.05, 4.69) is 10.3 Å². The van der Waals surface area contributed by atoms with Crippen LogP contribution >= 0.6 is 23.1 Å². The van der Waals surface area contributed by atoms with E-state index in [4.69, 9.17) is 4.74 Å². The lowest BCUT2D eigenvalue weighted by Gasteiger charge is -2.22. The average Bonchev–Trinajstić information content (AvgIpc) is 3.41. The van der Waals surface area contributed by atoms with Crippen LogP contribution in [-0.4, -0.2) is 46.5 Å². The van der Waals surface area contributed by atoms with Crippen molar-refractivity contribution in [3.63, 3.8) is 0 Å². The van der Waals surface area contributed by atoms with E-state index in [9.17, 15) is 9.59 Å². The molecule has 1 atom stereocenters. The summed E-state index contributed by atoms with van der Waals surface area (Å²) in [6.45, 7) is 1.84. The molecule has 1 aliphatic heterocycles. The minimum atomic E-state index is -0.522. The van der Waals surface area contributed by atoms with Crippen molar-refractivity contribution in [2.45, 2.75) is 13.0 Å². The number of thioether (sulfide) groups is 1. The van der Waals surface area contributed by atoms with E-state index >= 15 is 0 Å². The Morgan fingerprint density at radius 2 is 1.87 bits per heavy atom. The van der Waals surface area contributed by atoms with Crippen LogP contribution in [0.5, 0.6) is 5.75 Å². The van der Waals surface area contributed by atoms with Crippen molar-refractivity contribution < 1.29 is 14.3 Å². The highest BCUT2D eigenvalue weighted by atomic mass is 32.2. The lowest BCUT2D eigenvalue weighted by Crippen LogP contribution is -2.44.